The molecule has 1 rings (SSSR count). The average Bonchev–Trinajstić information content (AvgIpc) is 2.03. The molecule has 13 heavy (non-hydrogen) atoms. The van der Waals surface area contributed by atoms with Crippen molar-refractivity contribution in [1.82, 2.24) is 0 Å². The summed E-state index contributed by atoms with van der Waals surface area (Å²) in [6.07, 6.45) is 6.68. The first kappa shape index (κ1) is 11.4. The fraction of sp³-hybridized carbons (Fsp3) is 0.818. The van der Waals surface area contributed by atoms with Crippen molar-refractivity contribution in [3.05, 3.63) is 12.2 Å². The molecule has 0 radical (unpaired) electrons. The van der Waals surface area contributed by atoms with E-state index in [1.807, 2.05) is 6.92 Å². The molecule has 0 heterocycles. The van der Waals surface area contributed by atoms with E-state index in [2.05, 4.69) is 26.0 Å². The van der Waals surface area contributed by atoms with E-state index in [9.17, 15) is 0 Å². The molecule has 76 valence electrons. The van der Waals surface area contributed by atoms with Gasteiger partial charge in [0.2, 0.25) is 0 Å². The molecule has 4 atom stereocenters. The molecule has 0 spiro atoms. The normalized spacial score (nSPS) is 41.9. The van der Waals surface area contributed by atoms with Crippen molar-refractivity contribution in [2.75, 3.05) is 0 Å². The maximum absolute atomic E-state index is 6.31. The molecule has 0 saturated carbocycles. The van der Waals surface area contributed by atoms with Crippen LogP contribution in [0.25, 0.3) is 0 Å². The smallest absolute Gasteiger partial charge is 0.0420 e. The van der Waals surface area contributed by atoms with Gasteiger partial charge in [0.1, 0.15) is 0 Å². The molecule has 1 aliphatic carbocycles. The van der Waals surface area contributed by atoms with Gasteiger partial charge in [0.05, 0.1) is 0 Å². The fourth-order valence-corrected chi connectivity index (χ4v) is 2.81. The summed E-state index contributed by atoms with van der Waals surface area (Å²) in [7, 11) is 0. The zero-order valence-corrected chi connectivity index (χ0v) is 10.1. The van der Waals surface area contributed by atoms with E-state index in [4.69, 9.17) is 23.2 Å². The van der Waals surface area contributed by atoms with Crippen molar-refractivity contribution in [2.24, 2.45) is 11.3 Å². The van der Waals surface area contributed by atoms with Gasteiger partial charge in [0.15, 0.2) is 0 Å². The topological polar surface area (TPSA) is 0 Å². The third-order valence-corrected chi connectivity index (χ3v) is 3.87. The number of hydrogen-bond donors (Lipinski definition) is 0. The quantitative estimate of drug-likeness (QED) is 0.484. The first-order chi connectivity index (χ1) is 5.98. The lowest BCUT2D eigenvalue weighted by molar-refractivity contribution is 0.322. The van der Waals surface area contributed by atoms with Crippen molar-refractivity contribution in [1.29, 1.82) is 0 Å². The summed E-state index contributed by atoms with van der Waals surface area (Å²) in [4.78, 5) is 0. The van der Waals surface area contributed by atoms with Gasteiger partial charge in [-0.25, -0.2) is 0 Å². The Kier molecular flexibility index (Phi) is 3.71. The van der Waals surface area contributed by atoms with Crippen molar-refractivity contribution >= 4 is 23.2 Å². The van der Waals surface area contributed by atoms with Crippen LogP contribution in [0.5, 0.6) is 0 Å². The standard InChI is InChI=1S/C11H18Cl2/c1-4-11(3)6-5-9(8(2)12)10(13)7-11/h5-6,8-10H,4,7H2,1-3H3. The minimum Gasteiger partial charge on any atom is -0.123 e. The second kappa shape index (κ2) is 4.23. The van der Waals surface area contributed by atoms with Crippen molar-refractivity contribution < 1.29 is 0 Å². The van der Waals surface area contributed by atoms with Crippen LogP contribution in [0.15, 0.2) is 12.2 Å². The Hall–Kier alpha value is 0.320. The molecule has 4 unspecified atom stereocenters. The van der Waals surface area contributed by atoms with E-state index >= 15 is 0 Å². The molecule has 0 aromatic carbocycles. The Balaban J connectivity index is 2.74. The van der Waals surface area contributed by atoms with Crippen molar-refractivity contribution in [3.63, 3.8) is 0 Å². The summed E-state index contributed by atoms with van der Waals surface area (Å²) >= 11 is 12.4. The molecule has 0 nitrogen and oxygen atoms in total. The minimum atomic E-state index is 0.139. The third kappa shape index (κ3) is 2.63. The highest BCUT2D eigenvalue weighted by molar-refractivity contribution is 6.24. The summed E-state index contributed by atoms with van der Waals surface area (Å²) in [5, 5.41) is 0.336. The summed E-state index contributed by atoms with van der Waals surface area (Å²) in [6.45, 7) is 6.48. The molecule has 0 fully saturated rings. The highest BCUT2D eigenvalue weighted by Crippen LogP contribution is 2.40. The molecule has 0 N–H and O–H groups in total. The molecule has 0 aromatic rings. The Bertz CT molecular complexity index is 198. The second-order valence-electron chi connectivity index (χ2n) is 4.34. The fourth-order valence-electron chi connectivity index (χ4n) is 1.82. The van der Waals surface area contributed by atoms with E-state index in [-0.39, 0.29) is 16.2 Å². The maximum Gasteiger partial charge on any atom is 0.0420 e. The van der Waals surface area contributed by atoms with Crippen LogP contribution in [-0.2, 0) is 0 Å². The Labute approximate surface area is 91.3 Å². The van der Waals surface area contributed by atoms with Gasteiger partial charge in [-0.05, 0) is 25.2 Å². The second-order valence-corrected chi connectivity index (χ2v) is 5.59. The van der Waals surface area contributed by atoms with Crippen LogP contribution in [0.1, 0.15) is 33.6 Å². The Morgan fingerprint density at radius 2 is 2.23 bits per heavy atom. The molecule has 0 bridgehead atoms. The molecular weight excluding hydrogens is 203 g/mol. The monoisotopic (exact) mass is 220 g/mol. The van der Waals surface area contributed by atoms with Crippen LogP contribution in [-0.4, -0.2) is 10.8 Å². The minimum absolute atomic E-state index is 0.139. The number of hydrogen-bond acceptors (Lipinski definition) is 0. The van der Waals surface area contributed by atoms with Gasteiger partial charge in [-0.3, -0.25) is 0 Å². The zero-order chi connectivity index (χ0) is 10.1. The van der Waals surface area contributed by atoms with Gasteiger partial charge in [-0.15, -0.1) is 23.2 Å². The number of halogens is 2. The molecule has 0 aromatic heterocycles. The van der Waals surface area contributed by atoms with Gasteiger partial charge in [0.25, 0.3) is 0 Å². The molecule has 2 heteroatoms. The van der Waals surface area contributed by atoms with Crippen molar-refractivity contribution in [2.45, 2.75) is 44.4 Å². The van der Waals surface area contributed by atoms with Gasteiger partial charge < -0.3 is 0 Å². The highest BCUT2D eigenvalue weighted by Gasteiger charge is 2.33. The van der Waals surface area contributed by atoms with E-state index < -0.39 is 0 Å². The van der Waals surface area contributed by atoms with E-state index in [0.717, 1.165) is 12.8 Å². The van der Waals surface area contributed by atoms with Crippen LogP contribution < -0.4 is 0 Å². The predicted octanol–water partition coefficient (Wildman–Crippen LogP) is 4.21. The first-order valence-electron chi connectivity index (χ1n) is 4.96. The largest absolute Gasteiger partial charge is 0.123 e. The molecular formula is C11H18Cl2. The number of allylic oxidation sites excluding steroid dienone is 2. The highest BCUT2D eigenvalue weighted by atomic mass is 35.5. The summed E-state index contributed by atoms with van der Waals surface area (Å²) < 4.78 is 0. The summed E-state index contributed by atoms with van der Waals surface area (Å²) in [5.74, 6) is 0.336. The lowest BCUT2D eigenvalue weighted by Gasteiger charge is -2.35. The van der Waals surface area contributed by atoms with Gasteiger partial charge in [-0.2, -0.15) is 0 Å². The van der Waals surface area contributed by atoms with Crippen LogP contribution >= 0.6 is 23.2 Å². The van der Waals surface area contributed by atoms with Crippen LogP contribution in [0.4, 0.5) is 0 Å². The summed E-state index contributed by atoms with van der Waals surface area (Å²) in [5.41, 5.74) is 0.286. The third-order valence-electron chi connectivity index (χ3n) is 3.14. The Morgan fingerprint density at radius 3 is 2.62 bits per heavy atom. The Morgan fingerprint density at radius 1 is 1.62 bits per heavy atom. The van der Waals surface area contributed by atoms with Gasteiger partial charge in [-0.1, -0.05) is 26.0 Å². The van der Waals surface area contributed by atoms with E-state index in [1.54, 1.807) is 0 Å². The molecule has 1 aliphatic rings. The number of rotatable bonds is 2. The zero-order valence-electron chi connectivity index (χ0n) is 8.56. The predicted molar refractivity (Wildman–Crippen MR) is 60.6 cm³/mol. The molecule has 0 saturated heterocycles. The number of alkyl halides is 2. The van der Waals surface area contributed by atoms with E-state index in [1.165, 1.54) is 0 Å². The SMILES string of the molecule is CCC1(C)C=CC(C(C)Cl)C(Cl)C1. The van der Waals surface area contributed by atoms with Gasteiger partial charge in [0, 0.05) is 16.7 Å². The van der Waals surface area contributed by atoms with Crippen LogP contribution in [0, 0.1) is 11.3 Å². The summed E-state index contributed by atoms with van der Waals surface area (Å²) in [6, 6.07) is 0. The first-order valence-corrected chi connectivity index (χ1v) is 5.83. The molecule has 0 aliphatic heterocycles. The van der Waals surface area contributed by atoms with Crippen molar-refractivity contribution in [3.8, 4) is 0 Å². The lowest BCUT2D eigenvalue weighted by atomic mass is 9.74. The average molecular weight is 221 g/mol. The van der Waals surface area contributed by atoms with E-state index in [0.29, 0.717) is 5.92 Å². The molecule has 0 amide bonds. The van der Waals surface area contributed by atoms with Gasteiger partial charge >= 0.3 is 0 Å². The maximum atomic E-state index is 6.31. The van der Waals surface area contributed by atoms with Crippen LogP contribution in [0.2, 0.25) is 0 Å². The lowest BCUT2D eigenvalue weighted by Crippen LogP contribution is -2.31. The van der Waals surface area contributed by atoms with Crippen LogP contribution in [0.3, 0.4) is 0 Å².